The van der Waals surface area contributed by atoms with E-state index in [1.54, 1.807) is 6.20 Å². The first-order valence-corrected chi connectivity index (χ1v) is 8.05. The number of carbonyl (C=O) groups is 1. The van der Waals surface area contributed by atoms with E-state index in [9.17, 15) is 4.79 Å². The van der Waals surface area contributed by atoms with Gasteiger partial charge in [0.1, 0.15) is 18.8 Å². The van der Waals surface area contributed by atoms with Crippen LogP contribution in [0.25, 0.3) is 0 Å². The lowest BCUT2D eigenvalue weighted by Crippen LogP contribution is -2.16. The largest absolute Gasteiger partial charge is 0.459 e. The highest BCUT2D eigenvalue weighted by Crippen LogP contribution is 2.13. The van der Waals surface area contributed by atoms with Crippen LogP contribution in [-0.4, -0.2) is 28.0 Å². The fourth-order valence-corrected chi connectivity index (χ4v) is 2.42. The van der Waals surface area contributed by atoms with Crippen molar-refractivity contribution in [3.63, 3.8) is 0 Å². The van der Waals surface area contributed by atoms with Crippen molar-refractivity contribution in [3.05, 3.63) is 78.1 Å². The molecule has 0 atom stereocenters. The van der Waals surface area contributed by atoms with Crippen molar-refractivity contribution in [1.82, 2.24) is 15.0 Å². The monoisotopic (exact) mass is 336 g/mol. The summed E-state index contributed by atoms with van der Waals surface area (Å²) in [4.78, 5) is 14.0. The summed E-state index contributed by atoms with van der Waals surface area (Å²) in [6.07, 6.45) is 1.77. The molecule has 0 aliphatic heterocycles. The number of aromatic nitrogens is 3. The number of carbonyl (C=O) groups excluding carboxylic acids is 1. The van der Waals surface area contributed by atoms with Crippen LogP contribution in [0.15, 0.2) is 66.9 Å². The van der Waals surface area contributed by atoms with E-state index >= 15 is 0 Å². The van der Waals surface area contributed by atoms with E-state index in [1.165, 1.54) is 4.68 Å². The highest BCUT2D eigenvalue weighted by Gasteiger charge is 2.09. The molecule has 1 aromatic heterocycles. The van der Waals surface area contributed by atoms with E-state index in [4.69, 9.17) is 4.74 Å². The average molecular weight is 336 g/mol. The minimum atomic E-state index is -0.336. The number of benzene rings is 2. The molecule has 25 heavy (non-hydrogen) atoms. The molecule has 1 heterocycles. The number of para-hydroxylation sites is 1. The number of rotatable bonds is 7. The van der Waals surface area contributed by atoms with Gasteiger partial charge in [-0.15, -0.1) is 5.10 Å². The van der Waals surface area contributed by atoms with Crippen molar-refractivity contribution < 1.29 is 9.53 Å². The molecule has 0 aliphatic rings. The highest BCUT2D eigenvalue weighted by atomic mass is 16.5. The molecule has 6 heteroatoms. The molecule has 128 valence electrons. The molecule has 3 rings (SSSR count). The van der Waals surface area contributed by atoms with E-state index in [-0.39, 0.29) is 19.1 Å². The van der Waals surface area contributed by atoms with Gasteiger partial charge in [0.05, 0.1) is 12.7 Å². The lowest BCUT2D eigenvalue weighted by Gasteiger charge is -2.17. The van der Waals surface area contributed by atoms with Gasteiger partial charge in [-0.1, -0.05) is 53.7 Å². The molecule has 0 fully saturated rings. The Kier molecular flexibility index (Phi) is 5.41. The van der Waals surface area contributed by atoms with E-state index in [0.717, 1.165) is 16.9 Å². The van der Waals surface area contributed by atoms with Crippen molar-refractivity contribution in [2.45, 2.75) is 19.7 Å². The minimum Gasteiger partial charge on any atom is -0.459 e. The van der Waals surface area contributed by atoms with E-state index in [0.29, 0.717) is 6.54 Å². The molecule has 2 aromatic carbocycles. The SMILES string of the molecule is CN(Cc1cn(CC(=O)OCc2ccccc2)nn1)c1ccccc1. The Hall–Kier alpha value is -3.15. The second kappa shape index (κ2) is 8.10. The van der Waals surface area contributed by atoms with Crippen molar-refractivity contribution >= 4 is 11.7 Å². The maximum Gasteiger partial charge on any atom is 0.328 e. The Morgan fingerprint density at radius 2 is 1.76 bits per heavy atom. The quantitative estimate of drug-likeness (QED) is 0.621. The van der Waals surface area contributed by atoms with Crippen LogP contribution in [0.3, 0.4) is 0 Å². The van der Waals surface area contributed by atoms with Crippen LogP contribution in [0, 0.1) is 0 Å². The summed E-state index contributed by atoms with van der Waals surface area (Å²) in [7, 11) is 1.99. The molecule has 0 unspecified atom stereocenters. The predicted octanol–water partition coefficient (Wildman–Crippen LogP) is 2.66. The fraction of sp³-hybridized carbons (Fsp3) is 0.211. The Morgan fingerprint density at radius 1 is 1.08 bits per heavy atom. The summed E-state index contributed by atoms with van der Waals surface area (Å²) >= 11 is 0. The summed E-state index contributed by atoms with van der Waals surface area (Å²) < 4.78 is 6.76. The van der Waals surface area contributed by atoms with Gasteiger partial charge < -0.3 is 9.64 Å². The molecule has 0 aliphatic carbocycles. The number of anilines is 1. The summed E-state index contributed by atoms with van der Waals surface area (Å²) in [5.41, 5.74) is 2.85. The van der Waals surface area contributed by atoms with Gasteiger partial charge in [0.2, 0.25) is 0 Å². The van der Waals surface area contributed by atoms with Gasteiger partial charge >= 0.3 is 5.97 Å². The molecule has 0 N–H and O–H groups in total. The summed E-state index contributed by atoms with van der Waals surface area (Å²) in [5, 5.41) is 8.11. The van der Waals surface area contributed by atoms with Gasteiger partial charge in [-0.2, -0.15) is 0 Å². The molecule has 3 aromatic rings. The van der Waals surface area contributed by atoms with Gasteiger partial charge in [-0.3, -0.25) is 4.79 Å². The summed E-state index contributed by atoms with van der Waals surface area (Å²) in [6.45, 7) is 0.927. The molecular weight excluding hydrogens is 316 g/mol. The number of hydrogen-bond acceptors (Lipinski definition) is 5. The average Bonchev–Trinajstić information content (AvgIpc) is 3.08. The molecule has 0 saturated heterocycles. The van der Waals surface area contributed by atoms with Gasteiger partial charge in [0, 0.05) is 12.7 Å². The zero-order valence-electron chi connectivity index (χ0n) is 14.1. The topological polar surface area (TPSA) is 60.2 Å². The van der Waals surface area contributed by atoms with Crippen LogP contribution >= 0.6 is 0 Å². The molecular formula is C19H20N4O2. The number of esters is 1. The number of ether oxygens (including phenoxy) is 1. The fourth-order valence-electron chi connectivity index (χ4n) is 2.42. The molecule has 0 saturated carbocycles. The second-order valence-electron chi connectivity index (χ2n) is 5.75. The van der Waals surface area contributed by atoms with E-state index < -0.39 is 0 Å². The molecule has 6 nitrogen and oxygen atoms in total. The van der Waals surface area contributed by atoms with Crippen molar-refractivity contribution in [2.75, 3.05) is 11.9 Å². The van der Waals surface area contributed by atoms with Crippen LogP contribution in [0.4, 0.5) is 5.69 Å². The predicted molar refractivity (Wildman–Crippen MR) is 94.8 cm³/mol. The first-order chi connectivity index (χ1) is 12.2. The summed E-state index contributed by atoms with van der Waals surface area (Å²) in [6, 6.07) is 19.6. The second-order valence-corrected chi connectivity index (χ2v) is 5.75. The normalized spacial score (nSPS) is 10.4. The lowest BCUT2D eigenvalue weighted by atomic mass is 10.2. The number of hydrogen-bond donors (Lipinski definition) is 0. The number of nitrogens with zero attached hydrogens (tertiary/aromatic N) is 4. The smallest absolute Gasteiger partial charge is 0.328 e. The van der Waals surface area contributed by atoms with Crippen LogP contribution in [0.1, 0.15) is 11.3 Å². The standard InChI is InChI=1S/C19H20N4O2/c1-22(18-10-6-3-7-11-18)12-17-13-23(21-20-17)14-19(24)25-15-16-8-4-2-5-9-16/h2-11,13H,12,14-15H2,1H3. The molecule has 0 spiro atoms. The van der Waals surface area contributed by atoms with E-state index in [1.807, 2.05) is 67.7 Å². The Balaban J connectivity index is 1.50. The van der Waals surface area contributed by atoms with Crippen LogP contribution in [0.5, 0.6) is 0 Å². The van der Waals surface area contributed by atoms with Crippen LogP contribution in [0.2, 0.25) is 0 Å². The Morgan fingerprint density at radius 3 is 2.48 bits per heavy atom. The molecule has 0 amide bonds. The van der Waals surface area contributed by atoms with Crippen LogP contribution < -0.4 is 4.90 Å². The third-order valence-corrected chi connectivity index (χ3v) is 3.72. The highest BCUT2D eigenvalue weighted by molar-refractivity contribution is 5.69. The van der Waals surface area contributed by atoms with E-state index in [2.05, 4.69) is 15.2 Å². The van der Waals surface area contributed by atoms with Crippen LogP contribution in [-0.2, 0) is 29.2 Å². The van der Waals surface area contributed by atoms with Gasteiger partial charge in [-0.05, 0) is 17.7 Å². The third kappa shape index (κ3) is 4.91. The van der Waals surface area contributed by atoms with Gasteiger partial charge in [0.15, 0.2) is 0 Å². The lowest BCUT2D eigenvalue weighted by molar-refractivity contribution is -0.145. The van der Waals surface area contributed by atoms with Crippen molar-refractivity contribution in [3.8, 4) is 0 Å². The minimum absolute atomic E-state index is 0.0505. The maximum absolute atomic E-state index is 11.9. The Labute approximate surface area is 146 Å². The zero-order chi connectivity index (χ0) is 17.5. The summed E-state index contributed by atoms with van der Waals surface area (Å²) in [5.74, 6) is -0.336. The third-order valence-electron chi connectivity index (χ3n) is 3.72. The van der Waals surface area contributed by atoms with Crippen molar-refractivity contribution in [1.29, 1.82) is 0 Å². The van der Waals surface area contributed by atoms with Gasteiger partial charge in [-0.25, -0.2) is 4.68 Å². The first-order valence-electron chi connectivity index (χ1n) is 8.05. The maximum atomic E-state index is 11.9. The Bertz CT molecular complexity index is 803. The van der Waals surface area contributed by atoms with Gasteiger partial charge in [0.25, 0.3) is 0 Å². The zero-order valence-corrected chi connectivity index (χ0v) is 14.1. The van der Waals surface area contributed by atoms with Crippen molar-refractivity contribution in [2.24, 2.45) is 0 Å². The first kappa shape index (κ1) is 16.7. The molecule has 0 radical (unpaired) electrons. The molecule has 0 bridgehead atoms.